The number of para-hydroxylation sites is 1. The number of unbranched alkanes of at least 4 members (excludes halogenated alkanes) is 1. The number of benzene rings is 1. The predicted molar refractivity (Wildman–Crippen MR) is 80.4 cm³/mol. The van der Waals surface area contributed by atoms with E-state index in [9.17, 15) is 18.5 Å². The number of nitrogens with one attached hydrogen (secondary N) is 1. The summed E-state index contributed by atoms with van der Waals surface area (Å²) < 4.78 is 28.5. The molecule has 0 aliphatic heterocycles. The molecule has 0 aromatic heterocycles. The van der Waals surface area contributed by atoms with E-state index in [4.69, 9.17) is 4.74 Å². The molecule has 0 aliphatic rings. The quantitative estimate of drug-likeness (QED) is 0.426. The fourth-order valence-corrected chi connectivity index (χ4v) is 2.62. The Labute approximate surface area is 124 Å². The van der Waals surface area contributed by atoms with Gasteiger partial charge in [-0.25, -0.2) is 8.42 Å². The third kappa shape index (κ3) is 5.31. The summed E-state index contributed by atoms with van der Waals surface area (Å²) in [4.78, 5) is 10.2. The molecule has 1 rings (SSSR count). The Bertz CT molecular complexity index is 586. The van der Waals surface area contributed by atoms with Gasteiger partial charge in [-0.05, 0) is 18.6 Å². The summed E-state index contributed by atoms with van der Waals surface area (Å²) in [5.74, 6) is 0. The molecule has 0 saturated carbocycles. The standard InChI is InChI=1S/C13H20N2O5S/c1-3-4-9-20-10-8-14-11-6-5-7-12(21(2,18)19)13(11)15(16)17/h5-7,14H,3-4,8-10H2,1-2H3. The van der Waals surface area contributed by atoms with E-state index in [0.29, 0.717) is 19.8 Å². The summed E-state index contributed by atoms with van der Waals surface area (Å²) in [5, 5.41) is 14.0. The molecular formula is C13H20N2O5S. The molecule has 0 fully saturated rings. The summed E-state index contributed by atoms with van der Waals surface area (Å²) in [7, 11) is -3.66. The monoisotopic (exact) mass is 316 g/mol. The molecule has 0 bridgehead atoms. The van der Waals surface area contributed by atoms with Gasteiger partial charge in [-0.3, -0.25) is 10.1 Å². The maximum Gasteiger partial charge on any atom is 0.310 e. The van der Waals surface area contributed by atoms with Gasteiger partial charge in [0.15, 0.2) is 9.84 Å². The summed E-state index contributed by atoms with van der Waals surface area (Å²) in [6.07, 6.45) is 2.95. The number of rotatable bonds is 9. The lowest BCUT2D eigenvalue weighted by Crippen LogP contribution is -2.12. The van der Waals surface area contributed by atoms with E-state index in [1.54, 1.807) is 0 Å². The number of hydrogen-bond donors (Lipinski definition) is 1. The summed E-state index contributed by atoms with van der Waals surface area (Å²) in [5.41, 5.74) is -0.240. The lowest BCUT2D eigenvalue weighted by atomic mass is 10.2. The van der Waals surface area contributed by atoms with Crippen LogP contribution >= 0.6 is 0 Å². The summed E-state index contributed by atoms with van der Waals surface area (Å²) in [6, 6.07) is 4.19. The Morgan fingerprint density at radius 3 is 2.62 bits per heavy atom. The zero-order chi connectivity index (χ0) is 15.9. The van der Waals surface area contributed by atoms with Crippen molar-refractivity contribution in [2.24, 2.45) is 0 Å². The number of hydrogen-bond acceptors (Lipinski definition) is 6. The Balaban J connectivity index is 2.81. The fraction of sp³-hybridized carbons (Fsp3) is 0.538. The summed E-state index contributed by atoms with van der Waals surface area (Å²) >= 11 is 0. The molecule has 0 aliphatic carbocycles. The van der Waals surface area contributed by atoms with Crippen molar-refractivity contribution in [3.05, 3.63) is 28.3 Å². The molecule has 1 N–H and O–H groups in total. The first-order valence-electron chi connectivity index (χ1n) is 6.67. The zero-order valence-electron chi connectivity index (χ0n) is 12.2. The molecule has 0 saturated heterocycles. The van der Waals surface area contributed by atoms with Gasteiger partial charge in [0.1, 0.15) is 10.6 Å². The summed E-state index contributed by atoms with van der Waals surface area (Å²) in [6.45, 7) is 3.48. The number of sulfone groups is 1. The van der Waals surface area contributed by atoms with Gasteiger partial charge in [0.05, 0.1) is 11.5 Å². The van der Waals surface area contributed by atoms with Gasteiger partial charge in [0.25, 0.3) is 0 Å². The molecule has 0 amide bonds. The highest BCUT2D eigenvalue weighted by Gasteiger charge is 2.25. The van der Waals surface area contributed by atoms with Gasteiger partial charge in [0, 0.05) is 19.4 Å². The first kappa shape index (κ1) is 17.4. The van der Waals surface area contributed by atoms with Crippen molar-refractivity contribution in [1.82, 2.24) is 0 Å². The number of ether oxygens (including phenoxy) is 1. The van der Waals surface area contributed by atoms with Crippen LogP contribution in [0.3, 0.4) is 0 Å². The molecule has 0 radical (unpaired) electrons. The normalized spacial score (nSPS) is 11.3. The molecule has 118 valence electrons. The van der Waals surface area contributed by atoms with Crippen LogP contribution in [0.5, 0.6) is 0 Å². The van der Waals surface area contributed by atoms with E-state index < -0.39 is 20.4 Å². The number of nitrogens with zero attached hydrogens (tertiary/aromatic N) is 1. The topological polar surface area (TPSA) is 98.5 Å². The first-order chi connectivity index (χ1) is 9.88. The van der Waals surface area contributed by atoms with Crippen LogP contribution in [-0.2, 0) is 14.6 Å². The van der Waals surface area contributed by atoms with Gasteiger partial charge in [-0.1, -0.05) is 19.4 Å². The molecule has 0 unspecified atom stereocenters. The SMILES string of the molecule is CCCCOCCNc1cccc(S(C)(=O)=O)c1[N+](=O)[O-]. The third-order valence-corrected chi connectivity index (χ3v) is 3.91. The van der Waals surface area contributed by atoms with Crippen molar-refractivity contribution in [3.63, 3.8) is 0 Å². The van der Waals surface area contributed by atoms with Crippen molar-refractivity contribution in [1.29, 1.82) is 0 Å². The molecule has 21 heavy (non-hydrogen) atoms. The molecule has 1 aromatic rings. The highest BCUT2D eigenvalue weighted by Crippen LogP contribution is 2.31. The second-order valence-corrected chi connectivity index (χ2v) is 6.56. The van der Waals surface area contributed by atoms with Crippen LogP contribution in [-0.4, -0.2) is 39.4 Å². The van der Waals surface area contributed by atoms with E-state index in [1.165, 1.54) is 18.2 Å². The van der Waals surface area contributed by atoms with Crippen LogP contribution < -0.4 is 5.32 Å². The largest absolute Gasteiger partial charge is 0.380 e. The van der Waals surface area contributed by atoms with Gasteiger partial charge < -0.3 is 10.1 Å². The molecule has 8 heteroatoms. The maximum absolute atomic E-state index is 11.6. The molecule has 7 nitrogen and oxygen atoms in total. The molecule has 1 aromatic carbocycles. The minimum atomic E-state index is -3.66. The highest BCUT2D eigenvalue weighted by atomic mass is 32.2. The van der Waals surface area contributed by atoms with Gasteiger partial charge in [-0.15, -0.1) is 0 Å². The maximum atomic E-state index is 11.6. The average Bonchev–Trinajstić information content (AvgIpc) is 2.41. The second-order valence-electron chi connectivity index (χ2n) is 4.57. The number of nitro benzene ring substituents is 1. The van der Waals surface area contributed by atoms with E-state index in [2.05, 4.69) is 12.2 Å². The van der Waals surface area contributed by atoms with Crippen molar-refractivity contribution >= 4 is 21.2 Å². The van der Waals surface area contributed by atoms with Crippen molar-refractivity contribution in [2.45, 2.75) is 24.7 Å². The molecule has 0 atom stereocenters. The van der Waals surface area contributed by atoms with Crippen LogP contribution in [0.4, 0.5) is 11.4 Å². The Morgan fingerprint density at radius 1 is 1.33 bits per heavy atom. The first-order valence-corrected chi connectivity index (χ1v) is 8.56. The number of anilines is 1. The van der Waals surface area contributed by atoms with Crippen molar-refractivity contribution < 1.29 is 18.1 Å². The second kappa shape index (κ2) is 7.94. The van der Waals surface area contributed by atoms with Crippen molar-refractivity contribution in [3.8, 4) is 0 Å². The number of nitro groups is 1. The van der Waals surface area contributed by atoms with Crippen molar-refractivity contribution in [2.75, 3.05) is 31.3 Å². The average molecular weight is 316 g/mol. The van der Waals surface area contributed by atoms with Crippen LogP contribution in [0.1, 0.15) is 19.8 Å². The minimum Gasteiger partial charge on any atom is -0.380 e. The predicted octanol–water partition coefficient (Wildman–Crippen LogP) is 2.23. The van der Waals surface area contributed by atoms with Crippen LogP contribution in [0.15, 0.2) is 23.1 Å². The van der Waals surface area contributed by atoms with Gasteiger partial charge >= 0.3 is 5.69 Å². The van der Waals surface area contributed by atoms with E-state index in [0.717, 1.165) is 19.1 Å². The van der Waals surface area contributed by atoms with E-state index in [-0.39, 0.29) is 10.6 Å². The zero-order valence-corrected chi connectivity index (χ0v) is 13.0. The smallest absolute Gasteiger partial charge is 0.310 e. The Hall–Kier alpha value is -1.67. The minimum absolute atomic E-state index is 0.182. The van der Waals surface area contributed by atoms with E-state index >= 15 is 0 Å². The lowest BCUT2D eigenvalue weighted by molar-refractivity contribution is -0.386. The lowest BCUT2D eigenvalue weighted by Gasteiger charge is -2.09. The van der Waals surface area contributed by atoms with E-state index in [1.807, 2.05) is 0 Å². The Kier molecular flexibility index (Phi) is 6.57. The van der Waals surface area contributed by atoms with Crippen LogP contribution in [0.25, 0.3) is 0 Å². The molecule has 0 heterocycles. The molecular weight excluding hydrogens is 296 g/mol. The highest BCUT2D eigenvalue weighted by molar-refractivity contribution is 7.90. The fourth-order valence-electron chi connectivity index (χ4n) is 1.76. The van der Waals surface area contributed by atoms with Gasteiger partial charge in [-0.2, -0.15) is 0 Å². The molecule has 0 spiro atoms. The van der Waals surface area contributed by atoms with Gasteiger partial charge in [0.2, 0.25) is 0 Å². The third-order valence-electron chi connectivity index (χ3n) is 2.79. The van der Waals surface area contributed by atoms with Crippen LogP contribution in [0.2, 0.25) is 0 Å². The van der Waals surface area contributed by atoms with Crippen LogP contribution in [0, 0.1) is 10.1 Å². The Morgan fingerprint density at radius 2 is 2.05 bits per heavy atom.